The lowest BCUT2D eigenvalue weighted by molar-refractivity contribution is -0.0647. The summed E-state index contributed by atoms with van der Waals surface area (Å²) < 4.78 is 11.5. The molecule has 0 aromatic heterocycles. The van der Waals surface area contributed by atoms with Gasteiger partial charge < -0.3 is 14.6 Å². The van der Waals surface area contributed by atoms with Crippen molar-refractivity contribution < 1.29 is 14.6 Å². The zero-order valence-corrected chi connectivity index (χ0v) is 7.78. The maximum Gasteiger partial charge on any atom is 0.159 e. The Morgan fingerprint density at radius 1 is 1.60 bits per heavy atom. The summed E-state index contributed by atoms with van der Waals surface area (Å²) in [5.41, 5.74) is 0. The predicted octanol–water partition coefficient (Wildman–Crippen LogP) is 0.545. The molecule has 1 aliphatic heterocycles. The van der Waals surface area contributed by atoms with Gasteiger partial charge in [-0.1, -0.05) is 22.6 Å². The first-order chi connectivity index (χ1) is 4.86. The Kier molecular flexibility index (Phi) is 3.90. The van der Waals surface area contributed by atoms with Crippen molar-refractivity contribution in [3.63, 3.8) is 0 Å². The predicted molar refractivity (Wildman–Crippen MR) is 45.2 cm³/mol. The molecule has 1 aliphatic rings. The molecule has 4 heteroatoms. The number of aliphatic hydroxyl groups excluding tert-OH is 1. The van der Waals surface area contributed by atoms with Crippen molar-refractivity contribution in [2.75, 3.05) is 17.6 Å². The normalized spacial score (nSPS) is 33.0. The van der Waals surface area contributed by atoms with Crippen LogP contribution in [-0.4, -0.2) is 35.1 Å². The molecular formula is C6H11IO3. The van der Waals surface area contributed by atoms with Crippen LogP contribution in [0.4, 0.5) is 0 Å². The molecule has 60 valence electrons. The molecule has 0 bridgehead atoms. The Labute approximate surface area is 73.8 Å². The zero-order valence-electron chi connectivity index (χ0n) is 5.62. The lowest BCUT2D eigenvalue weighted by Crippen LogP contribution is -2.16. The summed E-state index contributed by atoms with van der Waals surface area (Å²) in [6, 6.07) is 0. The van der Waals surface area contributed by atoms with Crippen molar-refractivity contribution in [3.05, 3.63) is 0 Å². The van der Waals surface area contributed by atoms with Gasteiger partial charge in [0.15, 0.2) is 6.29 Å². The maximum absolute atomic E-state index is 8.65. The molecule has 10 heavy (non-hydrogen) atoms. The molecule has 0 aromatic rings. The first-order valence-electron chi connectivity index (χ1n) is 3.30. The highest BCUT2D eigenvalue weighted by molar-refractivity contribution is 14.1. The standard InChI is InChI=1S/C6H11IO3/c7-2-1-6-9-4-5(3-8)10-6/h5-6,8H,1-4H2/t5-,6+/m0/s1. The minimum absolute atomic E-state index is 0.0672. The van der Waals surface area contributed by atoms with Crippen LogP contribution in [0, 0.1) is 0 Å². The molecule has 1 saturated heterocycles. The van der Waals surface area contributed by atoms with Crippen LogP contribution in [0.3, 0.4) is 0 Å². The van der Waals surface area contributed by atoms with Crippen LogP contribution >= 0.6 is 22.6 Å². The molecule has 1 fully saturated rings. The molecule has 0 aliphatic carbocycles. The average Bonchev–Trinajstić information content (AvgIpc) is 2.37. The zero-order chi connectivity index (χ0) is 7.40. The number of aliphatic hydroxyl groups is 1. The molecule has 0 radical (unpaired) electrons. The molecular weight excluding hydrogens is 247 g/mol. The molecule has 0 saturated carbocycles. The minimum atomic E-state index is -0.0899. The highest BCUT2D eigenvalue weighted by Gasteiger charge is 2.24. The van der Waals surface area contributed by atoms with Crippen LogP contribution < -0.4 is 0 Å². The van der Waals surface area contributed by atoms with Crippen molar-refractivity contribution in [2.45, 2.75) is 18.8 Å². The summed E-state index contributed by atoms with van der Waals surface area (Å²) in [6.45, 7) is 0.607. The summed E-state index contributed by atoms with van der Waals surface area (Å²) in [4.78, 5) is 0. The minimum Gasteiger partial charge on any atom is -0.394 e. The van der Waals surface area contributed by atoms with Crippen LogP contribution in [-0.2, 0) is 9.47 Å². The fourth-order valence-corrected chi connectivity index (χ4v) is 1.35. The third-order valence-corrected chi connectivity index (χ3v) is 1.98. The topological polar surface area (TPSA) is 38.7 Å². The van der Waals surface area contributed by atoms with Gasteiger partial charge >= 0.3 is 0 Å². The third kappa shape index (κ3) is 2.34. The van der Waals surface area contributed by atoms with E-state index >= 15 is 0 Å². The molecule has 3 nitrogen and oxygen atoms in total. The Hall–Kier alpha value is 0.610. The second kappa shape index (κ2) is 4.48. The van der Waals surface area contributed by atoms with Crippen molar-refractivity contribution in [1.82, 2.24) is 0 Å². The summed E-state index contributed by atoms with van der Waals surface area (Å²) in [7, 11) is 0. The van der Waals surface area contributed by atoms with Gasteiger partial charge in [-0.05, 0) is 0 Å². The molecule has 2 atom stereocenters. The molecule has 1 N–H and O–H groups in total. The maximum atomic E-state index is 8.65. The lowest BCUT2D eigenvalue weighted by atomic mass is 10.4. The van der Waals surface area contributed by atoms with E-state index in [1.165, 1.54) is 0 Å². The van der Waals surface area contributed by atoms with E-state index < -0.39 is 0 Å². The Balaban J connectivity index is 2.15. The number of alkyl halides is 1. The molecule has 0 aromatic carbocycles. The number of hydrogen-bond acceptors (Lipinski definition) is 3. The summed E-state index contributed by atoms with van der Waals surface area (Å²) in [5, 5.41) is 8.65. The fraction of sp³-hybridized carbons (Fsp3) is 1.00. The van der Waals surface area contributed by atoms with E-state index in [0.29, 0.717) is 6.61 Å². The second-order valence-corrected chi connectivity index (χ2v) is 3.26. The van der Waals surface area contributed by atoms with Gasteiger partial charge in [-0.15, -0.1) is 0 Å². The third-order valence-electron chi connectivity index (χ3n) is 1.36. The van der Waals surface area contributed by atoms with Gasteiger partial charge in [0.25, 0.3) is 0 Å². The molecule has 1 heterocycles. The number of halogens is 1. The van der Waals surface area contributed by atoms with Crippen molar-refractivity contribution in [2.24, 2.45) is 0 Å². The highest BCUT2D eigenvalue weighted by atomic mass is 127. The SMILES string of the molecule is OC[C@H]1CO[C@@H](CCI)O1. The van der Waals surface area contributed by atoms with E-state index in [4.69, 9.17) is 14.6 Å². The van der Waals surface area contributed by atoms with Gasteiger partial charge in [-0.2, -0.15) is 0 Å². The van der Waals surface area contributed by atoms with E-state index in [-0.39, 0.29) is 19.0 Å². The van der Waals surface area contributed by atoms with E-state index in [0.717, 1.165) is 10.8 Å². The summed E-state index contributed by atoms with van der Waals surface area (Å²) in [5.74, 6) is 0. The Bertz CT molecular complexity index is 99.0. The van der Waals surface area contributed by atoms with Gasteiger partial charge in [-0.25, -0.2) is 0 Å². The van der Waals surface area contributed by atoms with Gasteiger partial charge in [-0.3, -0.25) is 0 Å². The first-order valence-corrected chi connectivity index (χ1v) is 4.83. The Morgan fingerprint density at radius 3 is 2.90 bits per heavy atom. The number of hydrogen-bond donors (Lipinski definition) is 1. The quantitative estimate of drug-likeness (QED) is 0.593. The lowest BCUT2D eigenvalue weighted by Gasteiger charge is -2.06. The smallest absolute Gasteiger partial charge is 0.159 e. The van der Waals surface area contributed by atoms with Crippen molar-refractivity contribution in [3.8, 4) is 0 Å². The van der Waals surface area contributed by atoms with Crippen LogP contribution in [0.25, 0.3) is 0 Å². The van der Waals surface area contributed by atoms with Gasteiger partial charge in [0, 0.05) is 10.8 Å². The molecule has 0 amide bonds. The Morgan fingerprint density at radius 2 is 2.40 bits per heavy atom. The number of ether oxygens (including phenoxy) is 2. The molecule has 1 rings (SSSR count). The van der Waals surface area contributed by atoms with E-state index in [2.05, 4.69) is 22.6 Å². The van der Waals surface area contributed by atoms with Crippen molar-refractivity contribution in [1.29, 1.82) is 0 Å². The van der Waals surface area contributed by atoms with E-state index in [1.54, 1.807) is 0 Å². The fourth-order valence-electron chi connectivity index (χ4n) is 0.844. The summed E-state index contributed by atoms with van der Waals surface area (Å²) >= 11 is 2.27. The van der Waals surface area contributed by atoms with Crippen LogP contribution in [0.5, 0.6) is 0 Å². The van der Waals surface area contributed by atoms with Crippen LogP contribution in [0.15, 0.2) is 0 Å². The van der Waals surface area contributed by atoms with E-state index in [1.807, 2.05) is 0 Å². The highest BCUT2D eigenvalue weighted by Crippen LogP contribution is 2.14. The monoisotopic (exact) mass is 258 g/mol. The summed E-state index contributed by atoms with van der Waals surface area (Å²) in [6.07, 6.45) is 0.749. The van der Waals surface area contributed by atoms with E-state index in [9.17, 15) is 0 Å². The largest absolute Gasteiger partial charge is 0.394 e. The first kappa shape index (κ1) is 8.70. The van der Waals surface area contributed by atoms with Gasteiger partial charge in [0.05, 0.1) is 13.2 Å². The van der Waals surface area contributed by atoms with Crippen molar-refractivity contribution >= 4 is 22.6 Å². The average molecular weight is 258 g/mol. The van der Waals surface area contributed by atoms with Gasteiger partial charge in [0.2, 0.25) is 0 Å². The van der Waals surface area contributed by atoms with Crippen LogP contribution in [0.2, 0.25) is 0 Å². The second-order valence-electron chi connectivity index (χ2n) is 2.18. The molecule has 0 spiro atoms. The number of rotatable bonds is 3. The molecule has 0 unspecified atom stereocenters. The van der Waals surface area contributed by atoms with Gasteiger partial charge in [0.1, 0.15) is 6.10 Å². The van der Waals surface area contributed by atoms with Crippen LogP contribution in [0.1, 0.15) is 6.42 Å².